The highest BCUT2D eigenvalue weighted by molar-refractivity contribution is 7.81. The molecule has 0 bridgehead atoms. The molecular formula is C9H22N2O2S. The normalized spacial score (nSPS) is 16.7. The van der Waals surface area contributed by atoms with Crippen molar-refractivity contribution < 1.29 is 9.47 Å². The maximum atomic E-state index is 5.55. The molecule has 0 aromatic carbocycles. The second-order valence-electron chi connectivity index (χ2n) is 3.72. The summed E-state index contributed by atoms with van der Waals surface area (Å²) in [6.45, 7) is 5.08. The van der Waals surface area contributed by atoms with Gasteiger partial charge in [-0.25, -0.2) is 0 Å². The first-order valence-corrected chi connectivity index (χ1v) is 5.12. The van der Waals surface area contributed by atoms with Gasteiger partial charge in [0.15, 0.2) is 0 Å². The number of rotatable bonds is 7. The molecule has 0 aromatic heterocycles. The Kier molecular flexibility index (Phi) is 6.72. The Labute approximate surface area is 91.9 Å². The zero-order chi connectivity index (χ0) is 11.2. The topological polar surface area (TPSA) is 56.5 Å². The Balaban J connectivity index is 4.01. The van der Waals surface area contributed by atoms with Crippen molar-refractivity contribution in [3.63, 3.8) is 0 Å². The number of hydrogen-bond donors (Lipinski definition) is 3. The second-order valence-corrected chi connectivity index (χ2v) is 4.84. The van der Waals surface area contributed by atoms with Crippen molar-refractivity contribution in [2.24, 2.45) is 5.73 Å². The van der Waals surface area contributed by atoms with Crippen molar-refractivity contribution in [2.75, 3.05) is 27.3 Å². The van der Waals surface area contributed by atoms with E-state index in [1.807, 2.05) is 13.8 Å². The molecule has 0 heterocycles. The highest BCUT2D eigenvalue weighted by Crippen LogP contribution is 2.08. The molecule has 2 atom stereocenters. The third-order valence-electron chi connectivity index (χ3n) is 1.99. The SMILES string of the molecule is COC(CN)C(CNC(C)(C)S)OC. The lowest BCUT2D eigenvalue weighted by atomic mass is 10.2. The summed E-state index contributed by atoms with van der Waals surface area (Å²) in [7, 11) is 3.29. The minimum atomic E-state index is -0.219. The molecule has 86 valence electrons. The molecule has 2 unspecified atom stereocenters. The molecule has 0 aliphatic carbocycles. The van der Waals surface area contributed by atoms with Crippen LogP contribution in [0.25, 0.3) is 0 Å². The van der Waals surface area contributed by atoms with Crippen LogP contribution in [0.4, 0.5) is 0 Å². The monoisotopic (exact) mass is 222 g/mol. The maximum absolute atomic E-state index is 5.55. The van der Waals surface area contributed by atoms with Crippen molar-refractivity contribution in [3.05, 3.63) is 0 Å². The van der Waals surface area contributed by atoms with Crippen LogP contribution in [-0.2, 0) is 9.47 Å². The summed E-state index contributed by atoms with van der Waals surface area (Å²) in [6.07, 6.45) is -0.125. The lowest BCUT2D eigenvalue weighted by molar-refractivity contribution is -0.0306. The van der Waals surface area contributed by atoms with Gasteiger partial charge in [0.25, 0.3) is 0 Å². The van der Waals surface area contributed by atoms with E-state index in [9.17, 15) is 0 Å². The first kappa shape index (κ1) is 14.2. The predicted molar refractivity (Wildman–Crippen MR) is 61.7 cm³/mol. The smallest absolute Gasteiger partial charge is 0.0969 e. The molecule has 0 saturated heterocycles. The quantitative estimate of drug-likeness (QED) is 0.426. The molecule has 4 nitrogen and oxygen atoms in total. The molecule has 0 radical (unpaired) electrons. The molecule has 0 rings (SSSR count). The average molecular weight is 222 g/mol. The van der Waals surface area contributed by atoms with Crippen LogP contribution in [0, 0.1) is 0 Å². The molecule has 0 amide bonds. The first-order valence-electron chi connectivity index (χ1n) is 4.67. The standard InChI is InChI=1S/C9H22N2O2S/c1-9(2,14)11-6-8(13-4)7(5-10)12-3/h7-8,11,14H,5-6,10H2,1-4H3. The van der Waals surface area contributed by atoms with Crippen molar-refractivity contribution in [1.29, 1.82) is 0 Å². The molecule has 5 heteroatoms. The second kappa shape index (κ2) is 6.63. The first-order chi connectivity index (χ1) is 6.44. The van der Waals surface area contributed by atoms with Gasteiger partial charge in [-0.3, -0.25) is 0 Å². The minimum absolute atomic E-state index is 0.0450. The summed E-state index contributed by atoms with van der Waals surface area (Å²) in [5, 5.41) is 3.23. The van der Waals surface area contributed by atoms with Crippen LogP contribution < -0.4 is 11.1 Å². The van der Waals surface area contributed by atoms with E-state index in [1.54, 1.807) is 14.2 Å². The third kappa shape index (κ3) is 5.82. The zero-order valence-corrected chi connectivity index (χ0v) is 10.3. The summed E-state index contributed by atoms with van der Waals surface area (Å²) in [4.78, 5) is -0.219. The summed E-state index contributed by atoms with van der Waals surface area (Å²) in [5.41, 5.74) is 5.55. The van der Waals surface area contributed by atoms with Crippen molar-refractivity contribution in [3.8, 4) is 0 Å². The molecule has 0 aliphatic rings. The highest BCUT2D eigenvalue weighted by Gasteiger charge is 2.21. The number of methoxy groups -OCH3 is 2. The Bertz CT molecular complexity index is 146. The van der Waals surface area contributed by atoms with Crippen LogP contribution in [0.2, 0.25) is 0 Å². The van der Waals surface area contributed by atoms with Crippen LogP contribution >= 0.6 is 12.6 Å². The van der Waals surface area contributed by atoms with Gasteiger partial charge >= 0.3 is 0 Å². The van der Waals surface area contributed by atoms with Gasteiger partial charge in [-0.15, -0.1) is 0 Å². The Morgan fingerprint density at radius 3 is 2.07 bits per heavy atom. The van der Waals surface area contributed by atoms with Gasteiger partial charge in [0, 0.05) is 27.3 Å². The van der Waals surface area contributed by atoms with Gasteiger partial charge in [0.2, 0.25) is 0 Å². The van der Waals surface area contributed by atoms with Crippen LogP contribution in [0.15, 0.2) is 0 Å². The lowest BCUT2D eigenvalue weighted by Crippen LogP contribution is -2.47. The van der Waals surface area contributed by atoms with E-state index in [0.29, 0.717) is 13.1 Å². The number of ether oxygens (including phenoxy) is 2. The van der Waals surface area contributed by atoms with Crippen LogP contribution in [0.5, 0.6) is 0 Å². The number of nitrogens with two attached hydrogens (primary N) is 1. The van der Waals surface area contributed by atoms with E-state index in [1.165, 1.54) is 0 Å². The van der Waals surface area contributed by atoms with E-state index in [-0.39, 0.29) is 17.1 Å². The van der Waals surface area contributed by atoms with Crippen molar-refractivity contribution >= 4 is 12.6 Å². The van der Waals surface area contributed by atoms with E-state index in [2.05, 4.69) is 17.9 Å². The summed E-state index contributed by atoms with van der Waals surface area (Å²) >= 11 is 4.36. The molecule has 0 spiro atoms. The van der Waals surface area contributed by atoms with Gasteiger partial charge in [-0.2, -0.15) is 12.6 Å². The lowest BCUT2D eigenvalue weighted by Gasteiger charge is -2.28. The Morgan fingerprint density at radius 2 is 1.79 bits per heavy atom. The molecule has 0 fully saturated rings. The molecule has 0 saturated carbocycles. The Hall–Kier alpha value is 0.190. The molecule has 3 N–H and O–H groups in total. The van der Waals surface area contributed by atoms with Gasteiger partial charge in [0.05, 0.1) is 17.1 Å². The number of hydrogen-bond acceptors (Lipinski definition) is 5. The fourth-order valence-corrected chi connectivity index (χ4v) is 1.21. The highest BCUT2D eigenvalue weighted by atomic mass is 32.1. The van der Waals surface area contributed by atoms with Crippen LogP contribution in [-0.4, -0.2) is 44.4 Å². The zero-order valence-electron chi connectivity index (χ0n) is 9.41. The summed E-state index contributed by atoms with van der Waals surface area (Å²) < 4.78 is 10.5. The predicted octanol–water partition coefficient (Wildman–Crippen LogP) is 0.231. The van der Waals surface area contributed by atoms with E-state index >= 15 is 0 Å². The fraction of sp³-hybridized carbons (Fsp3) is 1.00. The van der Waals surface area contributed by atoms with Crippen molar-refractivity contribution in [1.82, 2.24) is 5.32 Å². The Morgan fingerprint density at radius 1 is 1.29 bits per heavy atom. The molecule has 0 aliphatic heterocycles. The van der Waals surface area contributed by atoms with Gasteiger partial charge in [-0.05, 0) is 13.8 Å². The van der Waals surface area contributed by atoms with E-state index in [0.717, 1.165) is 0 Å². The fourth-order valence-electron chi connectivity index (χ4n) is 1.12. The average Bonchev–Trinajstić information content (AvgIpc) is 2.10. The molecule has 14 heavy (non-hydrogen) atoms. The van der Waals surface area contributed by atoms with Gasteiger partial charge < -0.3 is 20.5 Å². The molecular weight excluding hydrogens is 200 g/mol. The maximum Gasteiger partial charge on any atom is 0.0969 e. The van der Waals surface area contributed by atoms with Crippen LogP contribution in [0.1, 0.15) is 13.8 Å². The van der Waals surface area contributed by atoms with E-state index in [4.69, 9.17) is 15.2 Å². The van der Waals surface area contributed by atoms with Gasteiger partial charge in [-0.1, -0.05) is 0 Å². The van der Waals surface area contributed by atoms with Gasteiger partial charge in [0.1, 0.15) is 0 Å². The largest absolute Gasteiger partial charge is 0.377 e. The van der Waals surface area contributed by atoms with Crippen molar-refractivity contribution in [2.45, 2.75) is 30.9 Å². The number of thiol groups is 1. The number of nitrogens with one attached hydrogen (secondary N) is 1. The minimum Gasteiger partial charge on any atom is -0.377 e. The summed E-state index contributed by atoms with van der Waals surface area (Å²) in [5.74, 6) is 0. The summed E-state index contributed by atoms with van der Waals surface area (Å²) in [6, 6.07) is 0. The third-order valence-corrected chi connectivity index (χ3v) is 2.15. The van der Waals surface area contributed by atoms with Crippen LogP contribution in [0.3, 0.4) is 0 Å². The molecule has 0 aromatic rings. The van der Waals surface area contributed by atoms with E-state index < -0.39 is 0 Å².